The van der Waals surface area contributed by atoms with E-state index in [1.807, 2.05) is 0 Å². The van der Waals surface area contributed by atoms with Gasteiger partial charge in [-0.1, -0.05) is 40.0 Å². The molecule has 0 amide bonds. The minimum atomic E-state index is 0.352. The molecule has 0 unspecified atom stereocenters. The number of nitrogens with zero attached hydrogens (tertiary/aromatic N) is 1. The van der Waals surface area contributed by atoms with Crippen molar-refractivity contribution in [3.8, 4) is 0 Å². The third-order valence-corrected chi connectivity index (χ3v) is 4.28. The van der Waals surface area contributed by atoms with Crippen LogP contribution in [0.4, 0.5) is 0 Å². The number of quaternary nitrogens is 1. The molecule has 2 heteroatoms. The Kier molecular flexibility index (Phi) is 12.9. The molecule has 0 fully saturated rings. The van der Waals surface area contributed by atoms with Gasteiger partial charge in [-0.05, 0) is 38.5 Å². The maximum absolute atomic E-state index is 9.46. The fourth-order valence-corrected chi connectivity index (χ4v) is 2.97. The molecular formula is C17H38NO+. The minimum Gasteiger partial charge on any atom is -0.391 e. The molecular weight excluding hydrogens is 234 g/mol. The van der Waals surface area contributed by atoms with Gasteiger partial charge >= 0.3 is 0 Å². The lowest BCUT2D eigenvalue weighted by atomic mass is 10.1. The van der Waals surface area contributed by atoms with Crippen molar-refractivity contribution in [1.82, 2.24) is 0 Å². The van der Waals surface area contributed by atoms with E-state index in [-0.39, 0.29) is 0 Å². The van der Waals surface area contributed by atoms with Crippen LogP contribution >= 0.6 is 0 Å². The molecule has 0 aromatic carbocycles. The maximum atomic E-state index is 9.46. The number of aliphatic hydroxyl groups is 1. The lowest BCUT2D eigenvalue weighted by molar-refractivity contribution is -0.929. The summed E-state index contributed by atoms with van der Waals surface area (Å²) in [5.41, 5.74) is 0. The average Bonchev–Trinajstić information content (AvgIpc) is 2.40. The van der Waals surface area contributed by atoms with Gasteiger partial charge in [-0.25, -0.2) is 0 Å². The Balaban J connectivity index is 4.37. The summed E-state index contributed by atoms with van der Waals surface area (Å²) in [6.07, 6.45) is 11.9. The molecule has 0 rings (SSSR count). The van der Waals surface area contributed by atoms with Crippen molar-refractivity contribution in [2.45, 2.75) is 78.6 Å². The number of hydrogen-bond acceptors (Lipinski definition) is 1. The van der Waals surface area contributed by atoms with E-state index >= 15 is 0 Å². The van der Waals surface area contributed by atoms with E-state index < -0.39 is 0 Å². The highest BCUT2D eigenvalue weighted by molar-refractivity contribution is 4.50. The Bertz CT molecular complexity index is 156. The lowest BCUT2D eigenvalue weighted by Gasteiger charge is -2.39. The third-order valence-electron chi connectivity index (χ3n) is 4.28. The van der Waals surface area contributed by atoms with Crippen LogP contribution in [-0.2, 0) is 0 Å². The molecule has 0 aromatic rings. The van der Waals surface area contributed by atoms with Crippen LogP contribution in [0.2, 0.25) is 0 Å². The van der Waals surface area contributed by atoms with Crippen molar-refractivity contribution in [3.05, 3.63) is 0 Å². The molecule has 1 N–H and O–H groups in total. The second-order valence-electron chi connectivity index (χ2n) is 6.08. The summed E-state index contributed by atoms with van der Waals surface area (Å²) in [6.45, 7) is 12.0. The average molecular weight is 272 g/mol. The monoisotopic (exact) mass is 272 g/mol. The topological polar surface area (TPSA) is 20.2 Å². The molecule has 0 atom stereocenters. The van der Waals surface area contributed by atoms with Gasteiger partial charge in [0.1, 0.15) is 6.54 Å². The zero-order valence-corrected chi connectivity index (χ0v) is 13.8. The molecule has 0 aliphatic carbocycles. The SMILES string of the molecule is CCCCC[N+](CCO)(CCCCC)CCCCC. The molecule has 19 heavy (non-hydrogen) atoms. The number of rotatable bonds is 14. The van der Waals surface area contributed by atoms with E-state index in [2.05, 4.69) is 20.8 Å². The second-order valence-corrected chi connectivity index (χ2v) is 6.08. The quantitative estimate of drug-likeness (QED) is 0.368. The zero-order chi connectivity index (χ0) is 14.4. The van der Waals surface area contributed by atoms with Crippen molar-refractivity contribution in [2.24, 2.45) is 0 Å². The van der Waals surface area contributed by atoms with Crippen molar-refractivity contribution >= 4 is 0 Å². The van der Waals surface area contributed by atoms with Gasteiger partial charge in [0.2, 0.25) is 0 Å². The number of aliphatic hydroxyl groups excluding tert-OH is 1. The van der Waals surface area contributed by atoms with Crippen LogP contribution < -0.4 is 0 Å². The Morgan fingerprint density at radius 2 is 0.947 bits per heavy atom. The molecule has 116 valence electrons. The molecule has 0 radical (unpaired) electrons. The van der Waals surface area contributed by atoms with E-state index in [1.165, 1.54) is 81.9 Å². The molecule has 0 aliphatic rings. The lowest BCUT2D eigenvalue weighted by Crippen LogP contribution is -2.51. The van der Waals surface area contributed by atoms with Crippen LogP contribution in [0.3, 0.4) is 0 Å². The summed E-state index contributed by atoms with van der Waals surface area (Å²) in [7, 11) is 0. The first-order valence-corrected chi connectivity index (χ1v) is 8.70. The first-order valence-electron chi connectivity index (χ1n) is 8.70. The Hall–Kier alpha value is -0.0800. The first-order chi connectivity index (χ1) is 9.24. The van der Waals surface area contributed by atoms with Crippen LogP contribution in [0, 0.1) is 0 Å². The predicted octanol–water partition coefficient (Wildman–Crippen LogP) is 4.37. The summed E-state index contributed by atoms with van der Waals surface area (Å²) in [5.74, 6) is 0. The normalized spacial score (nSPS) is 12.0. The highest BCUT2D eigenvalue weighted by atomic mass is 16.3. The van der Waals surface area contributed by atoms with Crippen LogP contribution in [0.5, 0.6) is 0 Å². The molecule has 0 spiro atoms. The van der Waals surface area contributed by atoms with E-state index in [0.717, 1.165) is 6.54 Å². The molecule has 0 saturated carbocycles. The van der Waals surface area contributed by atoms with Crippen LogP contribution in [0.15, 0.2) is 0 Å². The highest BCUT2D eigenvalue weighted by Crippen LogP contribution is 2.16. The molecule has 0 aromatic heterocycles. The summed E-state index contributed by atoms with van der Waals surface area (Å²) in [4.78, 5) is 0. The van der Waals surface area contributed by atoms with Gasteiger partial charge in [-0.15, -0.1) is 0 Å². The Morgan fingerprint density at radius 3 is 1.21 bits per heavy atom. The van der Waals surface area contributed by atoms with Crippen LogP contribution in [-0.4, -0.2) is 42.4 Å². The van der Waals surface area contributed by atoms with E-state index in [4.69, 9.17) is 0 Å². The summed E-state index contributed by atoms with van der Waals surface area (Å²) >= 11 is 0. The smallest absolute Gasteiger partial charge is 0.102 e. The third kappa shape index (κ3) is 9.45. The molecule has 0 heterocycles. The summed E-state index contributed by atoms with van der Waals surface area (Å²) < 4.78 is 1.18. The van der Waals surface area contributed by atoms with Crippen molar-refractivity contribution in [1.29, 1.82) is 0 Å². The molecule has 0 bridgehead atoms. The van der Waals surface area contributed by atoms with Crippen LogP contribution in [0.1, 0.15) is 78.6 Å². The van der Waals surface area contributed by atoms with E-state index in [9.17, 15) is 5.11 Å². The van der Waals surface area contributed by atoms with Gasteiger partial charge in [-0.2, -0.15) is 0 Å². The maximum Gasteiger partial charge on any atom is 0.102 e. The summed E-state index contributed by atoms with van der Waals surface area (Å²) in [5, 5.41) is 9.46. The van der Waals surface area contributed by atoms with Gasteiger partial charge < -0.3 is 9.59 Å². The Labute approximate surface area is 121 Å². The largest absolute Gasteiger partial charge is 0.391 e. The van der Waals surface area contributed by atoms with E-state index in [1.54, 1.807) is 0 Å². The van der Waals surface area contributed by atoms with Crippen LogP contribution in [0.25, 0.3) is 0 Å². The Morgan fingerprint density at radius 1 is 0.579 bits per heavy atom. The molecule has 0 aliphatic heterocycles. The predicted molar refractivity (Wildman–Crippen MR) is 85.4 cm³/mol. The van der Waals surface area contributed by atoms with Crippen molar-refractivity contribution in [3.63, 3.8) is 0 Å². The summed E-state index contributed by atoms with van der Waals surface area (Å²) in [6, 6.07) is 0. The van der Waals surface area contributed by atoms with Gasteiger partial charge in [0.05, 0.1) is 26.2 Å². The minimum absolute atomic E-state index is 0.352. The number of unbranched alkanes of at least 4 members (excludes halogenated alkanes) is 6. The standard InChI is InChI=1S/C17H38NO/c1-4-7-10-13-18(16-17-19,14-11-8-5-2)15-12-9-6-3/h19H,4-17H2,1-3H3/q+1. The molecule has 2 nitrogen and oxygen atoms in total. The van der Waals surface area contributed by atoms with Gasteiger partial charge in [0.25, 0.3) is 0 Å². The fraction of sp³-hybridized carbons (Fsp3) is 1.00. The second kappa shape index (κ2) is 12.9. The fourth-order valence-electron chi connectivity index (χ4n) is 2.97. The van der Waals surface area contributed by atoms with E-state index in [0.29, 0.717) is 6.61 Å². The number of hydrogen-bond donors (Lipinski definition) is 1. The van der Waals surface area contributed by atoms with Crippen molar-refractivity contribution < 1.29 is 9.59 Å². The van der Waals surface area contributed by atoms with Gasteiger partial charge in [0.15, 0.2) is 0 Å². The molecule has 0 saturated heterocycles. The van der Waals surface area contributed by atoms with Crippen molar-refractivity contribution in [2.75, 3.05) is 32.8 Å². The van der Waals surface area contributed by atoms with Gasteiger partial charge in [-0.3, -0.25) is 0 Å². The van der Waals surface area contributed by atoms with Gasteiger partial charge in [0, 0.05) is 0 Å². The highest BCUT2D eigenvalue weighted by Gasteiger charge is 2.25. The zero-order valence-electron chi connectivity index (χ0n) is 13.8. The first kappa shape index (κ1) is 18.9.